The number of phenols is 1. The summed E-state index contributed by atoms with van der Waals surface area (Å²) in [5.41, 5.74) is 0.182. The lowest BCUT2D eigenvalue weighted by molar-refractivity contribution is 0.470. The van der Waals surface area contributed by atoms with Crippen LogP contribution in [-0.2, 0) is 22.9 Å². The summed E-state index contributed by atoms with van der Waals surface area (Å²) in [4.78, 5) is 31.0. The van der Waals surface area contributed by atoms with E-state index in [0.29, 0.717) is 29.8 Å². The molecule has 6 rings (SSSR count). The van der Waals surface area contributed by atoms with Gasteiger partial charge in [0.2, 0.25) is 0 Å². The predicted molar refractivity (Wildman–Crippen MR) is 154 cm³/mol. The van der Waals surface area contributed by atoms with E-state index in [1.54, 1.807) is 19.2 Å². The maximum atomic E-state index is 15.7. The maximum Gasteiger partial charge on any atom is 0.354 e. The molecule has 1 N–H and O–H groups in total. The Bertz CT molecular complexity index is 2050. The zero-order valence-corrected chi connectivity index (χ0v) is 24.3. The number of halogens is 2. The highest BCUT2D eigenvalue weighted by Crippen LogP contribution is 2.35. The molecule has 11 nitrogen and oxygen atoms in total. The number of nitrogens with zero attached hydrogens (tertiary/aromatic N) is 7. The summed E-state index contributed by atoms with van der Waals surface area (Å²) in [6.07, 6.45) is 4.05. The van der Waals surface area contributed by atoms with E-state index in [-0.39, 0.29) is 41.3 Å². The van der Waals surface area contributed by atoms with Gasteiger partial charge in [-0.05, 0) is 61.9 Å². The summed E-state index contributed by atoms with van der Waals surface area (Å²) >= 11 is 0. The van der Waals surface area contributed by atoms with Crippen LogP contribution in [0.25, 0.3) is 28.0 Å². The first-order chi connectivity index (χ1) is 20.5. The minimum absolute atomic E-state index is 0.0122. The number of phenolic OH excluding ortho intramolecular Hbond substituents is 1. The van der Waals surface area contributed by atoms with Crippen LogP contribution in [0.5, 0.6) is 5.75 Å². The molecule has 5 aromatic rings. The van der Waals surface area contributed by atoms with E-state index in [1.165, 1.54) is 16.7 Å². The molecule has 14 heteroatoms. The van der Waals surface area contributed by atoms with Gasteiger partial charge in [0.1, 0.15) is 23.6 Å². The van der Waals surface area contributed by atoms with Gasteiger partial charge in [0.15, 0.2) is 17.3 Å². The zero-order chi connectivity index (χ0) is 30.6. The molecule has 1 aromatic carbocycles. The van der Waals surface area contributed by atoms with E-state index >= 15 is 4.39 Å². The van der Waals surface area contributed by atoms with Crippen molar-refractivity contribution in [1.29, 1.82) is 0 Å². The number of benzene rings is 1. The Labute approximate surface area is 245 Å². The Hall–Kier alpha value is -4.59. The van der Waals surface area contributed by atoms with Crippen molar-refractivity contribution in [2.75, 3.05) is 0 Å². The van der Waals surface area contributed by atoms with Gasteiger partial charge >= 0.3 is 5.69 Å². The van der Waals surface area contributed by atoms with Gasteiger partial charge in [0, 0.05) is 18.0 Å². The van der Waals surface area contributed by atoms with Crippen molar-refractivity contribution in [2.24, 2.45) is 0 Å². The number of fused-ring (bicyclic) bond motifs is 1. The second kappa shape index (κ2) is 10.6. The van der Waals surface area contributed by atoms with Crippen molar-refractivity contribution in [2.45, 2.75) is 57.6 Å². The fourth-order valence-corrected chi connectivity index (χ4v) is 6.47. The van der Waals surface area contributed by atoms with Gasteiger partial charge < -0.3 is 5.11 Å². The van der Waals surface area contributed by atoms with E-state index in [4.69, 9.17) is 0 Å². The predicted octanol–water partition coefficient (Wildman–Crippen LogP) is 3.98. The van der Waals surface area contributed by atoms with Crippen LogP contribution < -0.4 is 5.69 Å². The van der Waals surface area contributed by atoms with Crippen LogP contribution in [0.15, 0.2) is 47.7 Å². The number of hydrogen-bond acceptors (Lipinski definition) is 9. The normalized spacial score (nSPS) is 13.7. The molecule has 0 atom stereocenters. The molecule has 0 amide bonds. The highest BCUT2D eigenvalue weighted by atomic mass is 32.2. The minimum Gasteiger partial charge on any atom is -0.507 e. The molecule has 43 heavy (non-hydrogen) atoms. The zero-order valence-electron chi connectivity index (χ0n) is 23.5. The fraction of sp³-hybridized carbons (Fsp3) is 0.310. The van der Waals surface area contributed by atoms with E-state index in [2.05, 4.69) is 25.0 Å². The molecular formula is C29H27F2N7O4S. The molecule has 1 aliphatic rings. The fourth-order valence-electron chi connectivity index (χ4n) is 5.05. The summed E-state index contributed by atoms with van der Waals surface area (Å²) in [5.74, 6) is -2.25. The number of aromatic hydroxyl groups is 1. The average Bonchev–Trinajstić information content (AvgIpc) is 3.71. The third-order valence-electron chi connectivity index (χ3n) is 7.36. The second-order valence-corrected chi connectivity index (χ2v) is 12.9. The second-order valence-electron chi connectivity index (χ2n) is 10.8. The Morgan fingerprint density at radius 2 is 1.84 bits per heavy atom. The van der Waals surface area contributed by atoms with Crippen LogP contribution in [-0.4, -0.2) is 52.5 Å². The molecule has 0 aliphatic heterocycles. The van der Waals surface area contributed by atoms with Crippen LogP contribution in [0.4, 0.5) is 8.78 Å². The summed E-state index contributed by atoms with van der Waals surface area (Å²) < 4.78 is 57.7. The van der Waals surface area contributed by atoms with Crippen LogP contribution in [0.3, 0.4) is 0 Å². The van der Waals surface area contributed by atoms with Gasteiger partial charge in [0.25, 0.3) is 10.0 Å². The van der Waals surface area contributed by atoms with Gasteiger partial charge in [-0.25, -0.2) is 36.5 Å². The van der Waals surface area contributed by atoms with Crippen LogP contribution in [0.2, 0.25) is 0 Å². The van der Waals surface area contributed by atoms with Crippen LogP contribution >= 0.6 is 0 Å². The molecule has 1 aliphatic carbocycles. The molecule has 0 unspecified atom stereocenters. The lowest BCUT2D eigenvalue weighted by Gasteiger charge is -2.19. The van der Waals surface area contributed by atoms with Gasteiger partial charge in [-0.2, -0.15) is 4.98 Å². The van der Waals surface area contributed by atoms with Crippen LogP contribution in [0, 0.1) is 18.6 Å². The molecule has 1 saturated carbocycles. The van der Waals surface area contributed by atoms with Gasteiger partial charge in [-0.1, -0.05) is 19.9 Å². The van der Waals surface area contributed by atoms with Crippen molar-refractivity contribution < 1.29 is 22.3 Å². The lowest BCUT2D eigenvalue weighted by atomic mass is 10.0. The molecule has 4 heterocycles. The van der Waals surface area contributed by atoms with Gasteiger partial charge in [0.05, 0.1) is 27.9 Å². The third kappa shape index (κ3) is 5.05. The largest absolute Gasteiger partial charge is 0.507 e. The topological polar surface area (TPSA) is 146 Å². The molecule has 0 saturated heterocycles. The number of pyridine rings is 2. The summed E-state index contributed by atoms with van der Waals surface area (Å²) in [5, 5.41) is 14.2. The molecular weight excluding hydrogens is 580 g/mol. The number of aromatic nitrogens is 7. The first-order valence-electron chi connectivity index (χ1n) is 13.7. The molecule has 1 fully saturated rings. The van der Waals surface area contributed by atoms with Crippen molar-refractivity contribution in [3.8, 4) is 22.7 Å². The maximum absolute atomic E-state index is 15.7. The molecule has 4 aromatic heterocycles. The van der Waals surface area contributed by atoms with Crippen LogP contribution in [0.1, 0.15) is 55.4 Å². The minimum atomic E-state index is -3.61. The number of rotatable bonds is 8. The van der Waals surface area contributed by atoms with E-state index in [9.17, 15) is 22.7 Å². The lowest BCUT2D eigenvalue weighted by Crippen LogP contribution is -2.27. The van der Waals surface area contributed by atoms with Crippen molar-refractivity contribution in [3.05, 3.63) is 87.8 Å². The summed E-state index contributed by atoms with van der Waals surface area (Å²) in [7, 11) is -3.61. The Morgan fingerprint density at radius 3 is 2.53 bits per heavy atom. The first kappa shape index (κ1) is 28.5. The van der Waals surface area contributed by atoms with E-state index in [1.807, 2.05) is 13.8 Å². The SMILES string of the molecule is Cc1ccnc(C(C)C)c1-n1c(=O)nc(CCc2ncn(S(=O)(=O)C3CC3)n2)c2cc(F)c(-c3c(O)cccc3F)nc21. The molecule has 0 bridgehead atoms. The summed E-state index contributed by atoms with van der Waals surface area (Å²) in [6.45, 7) is 5.61. The summed E-state index contributed by atoms with van der Waals surface area (Å²) in [6, 6.07) is 6.39. The highest BCUT2D eigenvalue weighted by Gasteiger charge is 2.38. The third-order valence-corrected chi connectivity index (χ3v) is 9.38. The quantitative estimate of drug-likeness (QED) is 0.277. The standard InChI is InChI=1S/C29H27F2N7O4S/c1-15(2)25-27(16(3)11-12-32-25)38-28-18(13-20(31)26(35-28)24-19(30)5-4-6-22(24)39)21(34-29(38)40)9-10-23-33-14-37(36-23)43(41,42)17-7-8-17/h4-6,11-15,17,39H,7-10H2,1-3H3. The Morgan fingerprint density at radius 1 is 1.07 bits per heavy atom. The number of aryl methyl sites for hydroxylation is 3. The molecule has 0 spiro atoms. The van der Waals surface area contributed by atoms with E-state index in [0.717, 1.165) is 22.5 Å². The Balaban J connectivity index is 1.54. The number of hydrogen-bond donors (Lipinski definition) is 1. The first-order valence-corrected chi connectivity index (χ1v) is 15.2. The van der Waals surface area contributed by atoms with Crippen molar-refractivity contribution in [3.63, 3.8) is 0 Å². The molecule has 222 valence electrons. The average molecular weight is 608 g/mol. The monoisotopic (exact) mass is 607 g/mol. The Kier molecular flexibility index (Phi) is 7.03. The highest BCUT2D eigenvalue weighted by molar-refractivity contribution is 7.90. The van der Waals surface area contributed by atoms with Crippen molar-refractivity contribution in [1.82, 2.24) is 33.7 Å². The van der Waals surface area contributed by atoms with Gasteiger partial charge in [-0.3, -0.25) is 4.98 Å². The van der Waals surface area contributed by atoms with E-state index < -0.39 is 49.6 Å². The smallest absolute Gasteiger partial charge is 0.354 e. The molecule has 0 radical (unpaired) electrons. The van der Waals surface area contributed by atoms with Crippen molar-refractivity contribution >= 4 is 21.1 Å². The van der Waals surface area contributed by atoms with Gasteiger partial charge in [-0.15, -0.1) is 9.19 Å².